The van der Waals surface area contributed by atoms with Gasteiger partial charge in [0.1, 0.15) is 0 Å². The Hall–Kier alpha value is 0.270. The van der Waals surface area contributed by atoms with E-state index in [0.717, 1.165) is 18.0 Å². The molecule has 0 spiro atoms. The normalized spacial score (nSPS) is 28.2. The van der Waals surface area contributed by atoms with Gasteiger partial charge >= 0.3 is 0 Å². The van der Waals surface area contributed by atoms with Gasteiger partial charge in [0.05, 0.1) is 0 Å². The molecule has 2 fully saturated rings. The van der Waals surface area contributed by atoms with Crippen LogP contribution in [0, 0.1) is 5.92 Å². The third-order valence-electron chi connectivity index (χ3n) is 4.15. The highest BCUT2D eigenvalue weighted by Gasteiger charge is 2.29. The fourth-order valence-corrected chi connectivity index (χ4v) is 4.02. The fourth-order valence-electron chi connectivity index (χ4n) is 2.71. The molecule has 1 saturated heterocycles. The van der Waals surface area contributed by atoms with E-state index in [0.29, 0.717) is 0 Å². The molecular weight excluding hydrogens is 228 g/mol. The lowest BCUT2D eigenvalue weighted by Gasteiger charge is -2.38. The van der Waals surface area contributed by atoms with Crippen LogP contribution in [0.5, 0.6) is 0 Å². The predicted octanol–water partition coefficient (Wildman–Crippen LogP) is 2.59. The Labute approximate surface area is 111 Å². The molecule has 2 aliphatic rings. The first-order chi connectivity index (χ1) is 8.31. The van der Waals surface area contributed by atoms with Crippen LogP contribution in [0.3, 0.4) is 0 Å². The van der Waals surface area contributed by atoms with E-state index in [1.54, 1.807) is 0 Å². The molecule has 0 aromatic heterocycles. The maximum atomic E-state index is 3.80. The molecule has 0 bridgehead atoms. The van der Waals surface area contributed by atoms with Crippen LogP contribution in [0.1, 0.15) is 39.0 Å². The predicted molar refractivity (Wildman–Crippen MR) is 77.8 cm³/mol. The highest BCUT2D eigenvalue weighted by atomic mass is 32.2. The van der Waals surface area contributed by atoms with E-state index in [9.17, 15) is 0 Å². The summed E-state index contributed by atoms with van der Waals surface area (Å²) in [5.41, 5.74) is 0. The summed E-state index contributed by atoms with van der Waals surface area (Å²) >= 11 is 2.14. The SMILES string of the molecule is CCCNC(CCC1CC1)C1CSCCN1C. The second-order valence-corrected chi connectivity index (χ2v) is 6.85. The maximum Gasteiger partial charge on any atom is 0.0337 e. The van der Waals surface area contributed by atoms with Gasteiger partial charge in [-0.2, -0.15) is 11.8 Å². The summed E-state index contributed by atoms with van der Waals surface area (Å²) in [5, 5.41) is 3.80. The Morgan fingerprint density at radius 2 is 2.24 bits per heavy atom. The minimum Gasteiger partial charge on any atom is -0.312 e. The maximum absolute atomic E-state index is 3.80. The Morgan fingerprint density at radius 3 is 2.88 bits per heavy atom. The van der Waals surface area contributed by atoms with Crippen molar-refractivity contribution in [3.8, 4) is 0 Å². The van der Waals surface area contributed by atoms with E-state index in [-0.39, 0.29) is 0 Å². The summed E-state index contributed by atoms with van der Waals surface area (Å²) in [6.45, 7) is 4.72. The molecule has 2 nitrogen and oxygen atoms in total. The molecule has 2 unspecified atom stereocenters. The first kappa shape index (κ1) is 13.7. The second-order valence-electron chi connectivity index (χ2n) is 5.70. The molecular formula is C14H28N2S. The molecule has 1 aliphatic carbocycles. The molecule has 100 valence electrons. The van der Waals surface area contributed by atoms with Crippen molar-refractivity contribution < 1.29 is 0 Å². The quantitative estimate of drug-likeness (QED) is 0.754. The highest BCUT2D eigenvalue weighted by molar-refractivity contribution is 7.99. The van der Waals surface area contributed by atoms with E-state index in [2.05, 4.69) is 35.9 Å². The van der Waals surface area contributed by atoms with Gasteiger partial charge in [0.25, 0.3) is 0 Å². The van der Waals surface area contributed by atoms with Gasteiger partial charge in [0, 0.05) is 30.1 Å². The minimum atomic E-state index is 0.730. The molecule has 1 aliphatic heterocycles. The summed E-state index contributed by atoms with van der Waals surface area (Å²) in [6.07, 6.45) is 7.09. The smallest absolute Gasteiger partial charge is 0.0337 e. The van der Waals surface area contributed by atoms with Crippen LogP contribution in [0.25, 0.3) is 0 Å². The first-order valence-electron chi connectivity index (χ1n) is 7.32. The van der Waals surface area contributed by atoms with Crippen molar-refractivity contribution in [1.29, 1.82) is 0 Å². The number of thioether (sulfide) groups is 1. The Morgan fingerprint density at radius 1 is 1.41 bits per heavy atom. The molecule has 1 heterocycles. The van der Waals surface area contributed by atoms with Crippen molar-refractivity contribution in [1.82, 2.24) is 10.2 Å². The van der Waals surface area contributed by atoms with Gasteiger partial charge in [-0.25, -0.2) is 0 Å². The number of hydrogen-bond donors (Lipinski definition) is 1. The molecule has 0 aromatic carbocycles. The lowest BCUT2D eigenvalue weighted by atomic mass is 10.0. The van der Waals surface area contributed by atoms with Crippen LogP contribution in [0.4, 0.5) is 0 Å². The topological polar surface area (TPSA) is 15.3 Å². The van der Waals surface area contributed by atoms with Crippen molar-refractivity contribution in [2.45, 2.75) is 51.1 Å². The molecule has 2 atom stereocenters. The molecule has 17 heavy (non-hydrogen) atoms. The number of nitrogens with one attached hydrogen (secondary N) is 1. The lowest BCUT2D eigenvalue weighted by molar-refractivity contribution is 0.205. The Bertz CT molecular complexity index is 218. The number of rotatable bonds is 7. The molecule has 0 amide bonds. The summed E-state index contributed by atoms with van der Waals surface area (Å²) in [5.74, 6) is 3.71. The van der Waals surface area contributed by atoms with Crippen molar-refractivity contribution in [2.24, 2.45) is 5.92 Å². The molecule has 1 N–H and O–H groups in total. The van der Waals surface area contributed by atoms with E-state index < -0.39 is 0 Å². The molecule has 0 aromatic rings. The van der Waals surface area contributed by atoms with Crippen molar-refractivity contribution in [2.75, 3.05) is 31.6 Å². The molecule has 0 radical (unpaired) electrons. The zero-order valence-electron chi connectivity index (χ0n) is 11.5. The number of nitrogens with zero attached hydrogens (tertiary/aromatic N) is 1. The van der Waals surface area contributed by atoms with Crippen LogP contribution in [-0.2, 0) is 0 Å². The Kier molecular flexibility index (Phi) is 5.64. The van der Waals surface area contributed by atoms with Gasteiger partial charge in [0.15, 0.2) is 0 Å². The van der Waals surface area contributed by atoms with Crippen LogP contribution in [0.15, 0.2) is 0 Å². The van der Waals surface area contributed by atoms with Crippen LogP contribution >= 0.6 is 11.8 Å². The third-order valence-corrected chi connectivity index (χ3v) is 5.20. The lowest BCUT2D eigenvalue weighted by Crippen LogP contribution is -2.52. The minimum absolute atomic E-state index is 0.730. The zero-order chi connectivity index (χ0) is 12.1. The zero-order valence-corrected chi connectivity index (χ0v) is 12.3. The van der Waals surface area contributed by atoms with Crippen LogP contribution in [0.2, 0.25) is 0 Å². The molecule has 2 rings (SSSR count). The second kappa shape index (κ2) is 7.01. The van der Waals surface area contributed by atoms with Crippen LogP contribution in [-0.4, -0.2) is 48.6 Å². The van der Waals surface area contributed by atoms with E-state index in [4.69, 9.17) is 0 Å². The first-order valence-corrected chi connectivity index (χ1v) is 8.48. The van der Waals surface area contributed by atoms with E-state index >= 15 is 0 Å². The summed E-state index contributed by atoms with van der Waals surface area (Å²) < 4.78 is 0. The average Bonchev–Trinajstić information content (AvgIpc) is 3.15. The third kappa shape index (κ3) is 4.46. The highest BCUT2D eigenvalue weighted by Crippen LogP contribution is 2.34. The van der Waals surface area contributed by atoms with Gasteiger partial charge in [-0.3, -0.25) is 0 Å². The van der Waals surface area contributed by atoms with Crippen LogP contribution < -0.4 is 5.32 Å². The van der Waals surface area contributed by atoms with Gasteiger partial charge in [0.2, 0.25) is 0 Å². The van der Waals surface area contributed by atoms with Gasteiger partial charge in [-0.05, 0) is 38.8 Å². The summed E-state index contributed by atoms with van der Waals surface area (Å²) in [6, 6.07) is 1.49. The summed E-state index contributed by atoms with van der Waals surface area (Å²) in [7, 11) is 2.31. The standard InChI is InChI=1S/C14H28N2S/c1-3-8-15-13(7-6-12-4-5-12)14-11-17-10-9-16(14)2/h12-15H,3-11H2,1-2H3. The average molecular weight is 256 g/mol. The van der Waals surface area contributed by atoms with Gasteiger partial charge < -0.3 is 10.2 Å². The van der Waals surface area contributed by atoms with Crippen molar-refractivity contribution >= 4 is 11.8 Å². The number of hydrogen-bond acceptors (Lipinski definition) is 3. The van der Waals surface area contributed by atoms with Gasteiger partial charge in [-0.1, -0.05) is 19.8 Å². The molecule has 3 heteroatoms. The Balaban J connectivity index is 1.81. The van der Waals surface area contributed by atoms with E-state index in [1.165, 1.54) is 56.7 Å². The monoisotopic (exact) mass is 256 g/mol. The summed E-state index contributed by atoms with van der Waals surface area (Å²) in [4.78, 5) is 2.58. The number of likely N-dealkylation sites (N-methyl/N-ethyl adjacent to an activating group) is 1. The fraction of sp³-hybridized carbons (Fsp3) is 1.00. The van der Waals surface area contributed by atoms with Gasteiger partial charge in [-0.15, -0.1) is 0 Å². The van der Waals surface area contributed by atoms with Crippen molar-refractivity contribution in [3.63, 3.8) is 0 Å². The van der Waals surface area contributed by atoms with Crippen molar-refractivity contribution in [3.05, 3.63) is 0 Å². The van der Waals surface area contributed by atoms with E-state index in [1.807, 2.05) is 0 Å². The largest absolute Gasteiger partial charge is 0.312 e. The molecule has 1 saturated carbocycles.